The number of nitrogens with one attached hydrogen (secondary N) is 2. The fraction of sp³-hybridized carbons (Fsp3) is 0.192. The van der Waals surface area contributed by atoms with E-state index in [0.29, 0.717) is 23.2 Å². The second-order valence-electron chi connectivity index (χ2n) is 8.09. The number of hydrogen-bond acceptors (Lipinski definition) is 5. The second-order valence-corrected chi connectivity index (χ2v) is 8.50. The van der Waals surface area contributed by atoms with E-state index in [-0.39, 0.29) is 17.6 Å². The Labute approximate surface area is 198 Å². The Morgan fingerprint density at radius 3 is 2.70 bits per heavy atom. The first-order chi connectivity index (χ1) is 15.9. The van der Waals surface area contributed by atoms with Crippen molar-refractivity contribution < 1.29 is 13.9 Å². The molecule has 0 aliphatic rings. The Morgan fingerprint density at radius 1 is 1.09 bits per heavy atom. The van der Waals surface area contributed by atoms with Crippen molar-refractivity contribution in [3.8, 4) is 17.2 Å². The van der Waals surface area contributed by atoms with Gasteiger partial charge in [-0.05, 0) is 78.7 Å². The molecule has 1 aromatic heterocycles. The van der Waals surface area contributed by atoms with Crippen LogP contribution in [0.1, 0.15) is 30.9 Å². The lowest BCUT2D eigenvalue weighted by molar-refractivity contribution is -0.121. The summed E-state index contributed by atoms with van der Waals surface area (Å²) >= 11 is 5.28. The van der Waals surface area contributed by atoms with Crippen molar-refractivity contribution in [3.05, 3.63) is 77.9 Å². The molecule has 0 unspecified atom stereocenters. The number of carbonyl (C=O) groups is 1. The van der Waals surface area contributed by atoms with Crippen LogP contribution in [0.3, 0.4) is 0 Å². The van der Waals surface area contributed by atoms with E-state index in [1.54, 1.807) is 6.07 Å². The molecule has 3 aromatic carbocycles. The van der Waals surface area contributed by atoms with E-state index < -0.39 is 0 Å². The van der Waals surface area contributed by atoms with Crippen LogP contribution in [-0.2, 0) is 4.79 Å². The molecule has 0 fully saturated rings. The Morgan fingerprint density at radius 2 is 1.91 bits per heavy atom. The zero-order valence-corrected chi connectivity index (χ0v) is 19.5. The number of thiocarbonyl (C=S) groups is 1. The van der Waals surface area contributed by atoms with Gasteiger partial charge in [0.2, 0.25) is 5.89 Å². The molecule has 2 N–H and O–H groups in total. The van der Waals surface area contributed by atoms with Crippen LogP contribution < -0.4 is 15.4 Å². The number of carbonyl (C=O) groups excluding carboxylic acids is 1. The lowest BCUT2D eigenvalue weighted by atomic mass is 10.0. The van der Waals surface area contributed by atoms with E-state index in [9.17, 15) is 4.79 Å². The number of amides is 1. The minimum absolute atomic E-state index is 0.132. The molecule has 33 heavy (non-hydrogen) atoms. The summed E-state index contributed by atoms with van der Waals surface area (Å²) < 4.78 is 11.4. The highest BCUT2D eigenvalue weighted by Gasteiger charge is 2.12. The predicted octanol–water partition coefficient (Wildman–Crippen LogP) is 5.82. The monoisotopic (exact) mass is 459 g/mol. The number of fused-ring (bicyclic) bond motifs is 1. The third-order valence-electron chi connectivity index (χ3n) is 5.06. The lowest BCUT2D eigenvalue weighted by Crippen LogP contribution is -2.37. The normalized spacial score (nSPS) is 10.9. The molecule has 4 aromatic rings. The summed E-state index contributed by atoms with van der Waals surface area (Å²) in [4.78, 5) is 16.8. The molecule has 0 saturated carbocycles. The standard InChI is InChI=1S/C26H25N3O3S/c1-16(2)18-10-11-23-22(14-18)28-25(32-23)19-7-5-8-20(13-19)27-26(33)29-24(30)15-31-21-9-4-6-17(3)12-21/h4-14,16H,15H2,1-3H3,(H2,27,29,30,33). The molecule has 7 heteroatoms. The van der Waals surface area contributed by atoms with Crippen LogP contribution in [0.4, 0.5) is 5.69 Å². The number of anilines is 1. The zero-order valence-electron chi connectivity index (χ0n) is 18.7. The lowest BCUT2D eigenvalue weighted by Gasteiger charge is -2.11. The summed E-state index contributed by atoms with van der Waals surface area (Å²) in [5, 5.41) is 5.84. The molecule has 0 atom stereocenters. The summed E-state index contributed by atoms with van der Waals surface area (Å²) in [5.41, 5.74) is 5.35. The van der Waals surface area contributed by atoms with Crippen LogP contribution in [0.25, 0.3) is 22.6 Å². The fourth-order valence-electron chi connectivity index (χ4n) is 3.34. The first kappa shape index (κ1) is 22.5. The Balaban J connectivity index is 1.39. The molecule has 0 radical (unpaired) electrons. The molecule has 168 valence electrons. The number of aryl methyl sites for hydroxylation is 1. The number of oxazole rings is 1. The van der Waals surface area contributed by atoms with Gasteiger partial charge in [-0.1, -0.05) is 38.1 Å². The van der Waals surface area contributed by atoms with E-state index in [2.05, 4.69) is 41.6 Å². The number of aromatic nitrogens is 1. The van der Waals surface area contributed by atoms with Crippen LogP contribution in [0.2, 0.25) is 0 Å². The van der Waals surface area contributed by atoms with Crippen LogP contribution >= 0.6 is 12.2 Å². The predicted molar refractivity (Wildman–Crippen MR) is 135 cm³/mol. The minimum atomic E-state index is -0.343. The average molecular weight is 460 g/mol. The first-order valence-electron chi connectivity index (χ1n) is 10.7. The van der Waals surface area contributed by atoms with Gasteiger partial charge in [-0.3, -0.25) is 10.1 Å². The summed E-state index contributed by atoms with van der Waals surface area (Å²) in [5.74, 6) is 1.23. The van der Waals surface area contributed by atoms with E-state index in [4.69, 9.17) is 21.4 Å². The van der Waals surface area contributed by atoms with Gasteiger partial charge in [0.25, 0.3) is 5.91 Å². The SMILES string of the molecule is Cc1cccc(OCC(=O)NC(=S)Nc2cccc(-c3nc4cc(C(C)C)ccc4o3)c2)c1. The van der Waals surface area contributed by atoms with E-state index >= 15 is 0 Å². The van der Waals surface area contributed by atoms with Crippen molar-refractivity contribution in [1.82, 2.24) is 10.3 Å². The van der Waals surface area contributed by atoms with Crippen molar-refractivity contribution in [3.63, 3.8) is 0 Å². The largest absolute Gasteiger partial charge is 0.484 e. The molecule has 0 bridgehead atoms. The maximum absolute atomic E-state index is 12.2. The molecule has 0 aliphatic carbocycles. The Hall–Kier alpha value is -3.71. The van der Waals surface area contributed by atoms with Gasteiger partial charge in [0.05, 0.1) is 0 Å². The quantitative estimate of drug-likeness (QED) is 0.354. The highest BCUT2D eigenvalue weighted by Crippen LogP contribution is 2.28. The third-order valence-corrected chi connectivity index (χ3v) is 5.26. The minimum Gasteiger partial charge on any atom is -0.484 e. The van der Waals surface area contributed by atoms with Crippen LogP contribution in [-0.4, -0.2) is 22.6 Å². The first-order valence-corrected chi connectivity index (χ1v) is 11.1. The molecular formula is C26H25N3O3S. The number of benzene rings is 3. The van der Waals surface area contributed by atoms with Crippen LogP contribution in [0.5, 0.6) is 5.75 Å². The summed E-state index contributed by atoms with van der Waals surface area (Å²) in [6, 6.07) is 21.1. The molecule has 4 rings (SSSR count). The summed E-state index contributed by atoms with van der Waals surface area (Å²) in [7, 11) is 0. The van der Waals surface area contributed by atoms with Gasteiger partial charge in [0.1, 0.15) is 11.3 Å². The maximum Gasteiger partial charge on any atom is 0.264 e. The van der Waals surface area contributed by atoms with Gasteiger partial charge in [-0.25, -0.2) is 4.98 Å². The molecule has 1 amide bonds. The molecular weight excluding hydrogens is 434 g/mol. The average Bonchev–Trinajstić information content (AvgIpc) is 3.21. The van der Waals surface area contributed by atoms with E-state index in [0.717, 1.165) is 22.2 Å². The van der Waals surface area contributed by atoms with E-state index in [1.165, 1.54) is 5.56 Å². The molecule has 6 nitrogen and oxygen atoms in total. The maximum atomic E-state index is 12.2. The number of rotatable bonds is 6. The molecule has 1 heterocycles. The van der Waals surface area contributed by atoms with Gasteiger partial charge in [0, 0.05) is 11.3 Å². The van der Waals surface area contributed by atoms with Gasteiger partial charge < -0.3 is 14.5 Å². The number of hydrogen-bond donors (Lipinski definition) is 2. The van der Waals surface area contributed by atoms with Gasteiger partial charge in [0.15, 0.2) is 17.3 Å². The van der Waals surface area contributed by atoms with Crippen LogP contribution in [0.15, 0.2) is 71.1 Å². The summed E-state index contributed by atoms with van der Waals surface area (Å²) in [6.07, 6.45) is 0. The second kappa shape index (κ2) is 9.83. The van der Waals surface area contributed by atoms with Crippen molar-refractivity contribution in [2.24, 2.45) is 0 Å². The number of ether oxygens (including phenoxy) is 1. The Kier molecular flexibility index (Phi) is 6.70. The third kappa shape index (κ3) is 5.75. The topological polar surface area (TPSA) is 76.4 Å². The van der Waals surface area contributed by atoms with Crippen molar-refractivity contribution in [2.75, 3.05) is 11.9 Å². The highest BCUT2D eigenvalue weighted by molar-refractivity contribution is 7.80. The zero-order chi connectivity index (χ0) is 23.4. The van der Waals surface area contributed by atoms with Crippen LogP contribution in [0, 0.1) is 6.92 Å². The van der Waals surface area contributed by atoms with Gasteiger partial charge >= 0.3 is 0 Å². The Bertz CT molecular complexity index is 1310. The smallest absolute Gasteiger partial charge is 0.264 e. The van der Waals surface area contributed by atoms with Gasteiger partial charge in [-0.2, -0.15) is 0 Å². The van der Waals surface area contributed by atoms with Crippen molar-refractivity contribution in [2.45, 2.75) is 26.7 Å². The molecule has 0 spiro atoms. The van der Waals surface area contributed by atoms with Gasteiger partial charge in [-0.15, -0.1) is 0 Å². The summed E-state index contributed by atoms with van der Waals surface area (Å²) in [6.45, 7) is 6.12. The molecule has 0 saturated heterocycles. The number of nitrogens with zero attached hydrogens (tertiary/aromatic N) is 1. The fourth-order valence-corrected chi connectivity index (χ4v) is 3.57. The van der Waals surface area contributed by atoms with Crippen molar-refractivity contribution in [1.29, 1.82) is 0 Å². The highest BCUT2D eigenvalue weighted by atomic mass is 32.1. The van der Waals surface area contributed by atoms with E-state index in [1.807, 2.05) is 55.5 Å². The van der Waals surface area contributed by atoms with Crippen molar-refractivity contribution >= 4 is 40.0 Å². The molecule has 0 aliphatic heterocycles.